The summed E-state index contributed by atoms with van der Waals surface area (Å²) in [5.41, 5.74) is -0.211. The Morgan fingerprint density at radius 1 is 1.45 bits per heavy atom. The second-order valence-electron chi connectivity index (χ2n) is 5.82. The van der Waals surface area contributed by atoms with Crippen molar-refractivity contribution in [2.45, 2.75) is 44.8 Å². The van der Waals surface area contributed by atoms with Crippen LogP contribution in [0.2, 0.25) is 0 Å². The molecule has 0 aliphatic carbocycles. The lowest BCUT2D eigenvalue weighted by Gasteiger charge is -2.19. The molecule has 0 aromatic carbocycles. The molecule has 3 atom stereocenters. The molecule has 0 spiro atoms. The molecule has 110 valence electrons. The van der Waals surface area contributed by atoms with E-state index in [9.17, 15) is 15.0 Å². The zero-order valence-corrected chi connectivity index (χ0v) is 11.8. The van der Waals surface area contributed by atoms with Gasteiger partial charge < -0.3 is 19.7 Å². The molecule has 2 N–H and O–H groups in total. The van der Waals surface area contributed by atoms with E-state index >= 15 is 0 Å². The van der Waals surface area contributed by atoms with Gasteiger partial charge in [0.1, 0.15) is 17.3 Å². The van der Waals surface area contributed by atoms with Crippen LogP contribution in [0.3, 0.4) is 0 Å². The number of nitrogens with zero attached hydrogens (tertiary/aromatic N) is 1. The van der Waals surface area contributed by atoms with Crippen LogP contribution in [0.25, 0.3) is 0 Å². The third kappa shape index (κ3) is 3.33. The van der Waals surface area contributed by atoms with Crippen molar-refractivity contribution in [1.29, 1.82) is 0 Å². The van der Waals surface area contributed by atoms with E-state index in [1.165, 1.54) is 0 Å². The fourth-order valence-electron chi connectivity index (χ4n) is 1.96. The van der Waals surface area contributed by atoms with E-state index in [0.29, 0.717) is 5.56 Å². The zero-order valence-electron chi connectivity index (χ0n) is 11.8. The SMILES string of the molecule is CC(C)(C)OC(=O)c1ccc[n+]([C@@H]2OC[C@H](O)[C@H]2O)c1. The molecule has 6 heteroatoms. The average Bonchev–Trinajstić information content (AvgIpc) is 2.68. The van der Waals surface area contributed by atoms with Crippen molar-refractivity contribution in [1.82, 2.24) is 0 Å². The summed E-state index contributed by atoms with van der Waals surface area (Å²) in [4.78, 5) is 12.0. The van der Waals surface area contributed by atoms with E-state index in [4.69, 9.17) is 9.47 Å². The quantitative estimate of drug-likeness (QED) is 0.597. The minimum absolute atomic E-state index is 0.0650. The molecule has 0 radical (unpaired) electrons. The monoisotopic (exact) mass is 282 g/mol. The number of rotatable bonds is 2. The molecule has 1 fully saturated rings. The van der Waals surface area contributed by atoms with E-state index in [1.807, 2.05) is 0 Å². The largest absolute Gasteiger partial charge is 0.456 e. The van der Waals surface area contributed by atoms with Crippen LogP contribution in [0.15, 0.2) is 24.5 Å². The fraction of sp³-hybridized carbons (Fsp3) is 0.571. The first-order valence-electron chi connectivity index (χ1n) is 6.50. The summed E-state index contributed by atoms with van der Waals surface area (Å²) in [6.07, 6.45) is 0.568. The predicted molar refractivity (Wildman–Crippen MR) is 68.8 cm³/mol. The molecule has 2 rings (SSSR count). The first-order chi connectivity index (χ1) is 9.28. The third-order valence-corrected chi connectivity index (χ3v) is 2.87. The van der Waals surface area contributed by atoms with Gasteiger partial charge in [0.05, 0.1) is 6.61 Å². The van der Waals surface area contributed by atoms with Crippen LogP contribution in [0.1, 0.15) is 37.4 Å². The summed E-state index contributed by atoms with van der Waals surface area (Å²) in [6.45, 7) is 5.45. The molecule has 1 aromatic rings. The van der Waals surface area contributed by atoms with Crippen molar-refractivity contribution in [3.8, 4) is 0 Å². The van der Waals surface area contributed by atoms with Gasteiger partial charge in [-0.2, -0.15) is 4.57 Å². The zero-order chi connectivity index (χ0) is 14.9. The van der Waals surface area contributed by atoms with Gasteiger partial charge in [-0.15, -0.1) is 0 Å². The van der Waals surface area contributed by atoms with Gasteiger partial charge in [0.15, 0.2) is 18.5 Å². The standard InChI is InChI=1S/C14H20NO5/c1-14(2,3)20-13(18)9-5-4-6-15(7-9)12-11(17)10(16)8-19-12/h4-7,10-12,16-17H,8H2,1-3H3/q+1/t10-,11+,12+/m0/s1. The van der Waals surface area contributed by atoms with Crippen LogP contribution in [-0.2, 0) is 9.47 Å². The maximum atomic E-state index is 12.0. The molecule has 0 amide bonds. The van der Waals surface area contributed by atoms with E-state index in [-0.39, 0.29) is 6.61 Å². The van der Waals surface area contributed by atoms with Crippen LogP contribution in [0.4, 0.5) is 0 Å². The summed E-state index contributed by atoms with van der Waals surface area (Å²) in [6, 6.07) is 3.29. The van der Waals surface area contributed by atoms with Gasteiger partial charge in [0, 0.05) is 6.07 Å². The number of aliphatic hydroxyl groups is 2. The van der Waals surface area contributed by atoms with Gasteiger partial charge in [0.25, 0.3) is 6.23 Å². The molecule has 0 bridgehead atoms. The number of carbonyl (C=O) groups excluding carboxylic acids is 1. The molecule has 0 saturated carbocycles. The van der Waals surface area contributed by atoms with E-state index in [0.717, 1.165) is 0 Å². The van der Waals surface area contributed by atoms with Crippen molar-refractivity contribution in [2.24, 2.45) is 0 Å². The maximum absolute atomic E-state index is 12.0. The maximum Gasteiger partial charge on any atom is 0.344 e. The highest BCUT2D eigenvalue weighted by Crippen LogP contribution is 2.19. The topological polar surface area (TPSA) is 79.9 Å². The minimum Gasteiger partial charge on any atom is -0.456 e. The molecular formula is C14H20NO5+. The number of esters is 1. The first-order valence-corrected chi connectivity index (χ1v) is 6.50. The van der Waals surface area contributed by atoms with Crippen molar-refractivity contribution in [2.75, 3.05) is 6.61 Å². The minimum atomic E-state index is -1.02. The molecule has 0 unspecified atom stereocenters. The second kappa shape index (κ2) is 5.47. The lowest BCUT2D eigenvalue weighted by Crippen LogP contribution is -2.46. The van der Waals surface area contributed by atoms with Gasteiger partial charge in [-0.1, -0.05) is 0 Å². The lowest BCUT2D eigenvalue weighted by molar-refractivity contribution is -0.764. The Hall–Kier alpha value is -1.50. The van der Waals surface area contributed by atoms with E-state index < -0.39 is 30.0 Å². The number of hydrogen-bond donors (Lipinski definition) is 2. The van der Waals surface area contributed by atoms with Crippen molar-refractivity contribution < 1.29 is 29.0 Å². The van der Waals surface area contributed by atoms with Crippen LogP contribution in [-0.4, -0.2) is 40.6 Å². The lowest BCUT2D eigenvalue weighted by atomic mass is 10.2. The Balaban J connectivity index is 2.18. The first kappa shape index (κ1) is 14.9. The van der Waals surface area contributed by atoms with Crippen molar-refractivity contribution in [3.05, 3.63) is 30.1 Å². The molecule has 1 aromatic heterocycles. The highest BCUT2D eigenvalue weighted by molar-refractivity contribution is 5.88. The van der Waals surface area contributed by atoms with Gasteiger partial charge in [0.2, 0.25) is 0 Å². The van der Waals surface area contributed by atoms with Crippen molar-refractivity contribution >= 4 is 5.97 Å². The van der Waals surface area contributed by atoms with E-state index in [2.05, 4.69) is 0 Å². The van der Waals surface area contributed by atoms with Gasteiger partial charge in [-0.05, 0) is 26.8 Å². The number of hydrogen-bond acceptors (Lipinski definition) is 5. The van der Waals surface area contributed by atoms with Gasteiger partial charge in [-0.3, -0.25) is 0 Å². The molecule has 2 heterocycles. The summed E-state index contributed by atoms with van der Waals surface area (Å²) in [5, 5.41) is 19.3. The molecule has 20 heavy (non-hydrogen) atoms. The Kier molecular flexibility index (Phi) is 4.08. The number of pyridine rings is 1. The molecule has 1 saturated heterocycles. The van der Waals surface area contributed by atoms with Crippen LogP contribution < -0.4 is 4.57 Å². The van der Waals surface area contributed by atoms with Gasteiger partial charge >= 0.3 is 5.97 Å². The highest BCUT2D eigenvalue weighted by Gasteiger charge is 2.41. The average molecular weight is 282 g/mol. The molecule has 6 nitrogen and oxygen atoms in total. The smallest absolute Gasteiger partial charge is 0.344 e. The predicted octanol–water partition coefficient (Wildman–Crippen LogP) is 0.180. The second-order valence-corrected chi connectivity index (χ2v) is 5.82. The normalized spacial score (nSPS) is 26.6. The Morgan fingerprint density at radius 2 is 2.15 bits per heavy atom. The third-order valence-electron chi connectivity index (χ3n) is 2.87. The Labute approximate surface area is 117 Å². The Bertz CT molecular complexity index is 497. The molecule has 1 aliphatic heterocycles. The number of aliphatic hydroxyl groups excluding tert-OH is 2. The number of ether oxygens (including phenoxy) is 2. The van der Waals surface area contributed by atoms with Gasteiger partial charge in [-0.25, -0.2) is 4.79 Å². The van der Waals surface area contributed by atoms with E-state index in [1.54, 1.807) is 49.9 Å². The highest BCUT2D eigenvalue weighted by atomic mass is 16.6. The fourth-order valence-corrected chi connectivity index (χ4v) is 1.96. The Morgan fingerprint density at radius 3 is 2.70 bits per heavy atom. The molecule has 1 aliphatic rings. The molecular weight excluding hydrogens is 262 g/mol. The number of aromatic nitrogens is 1. The van der Waals surface area contributed by atoms with Crippen LogP contribution in [0, 0.1) is 0 Å². The number of carbonyl (C=O) groups is 1. The summed E-state index contributed by atoms with van der Waals surface area (Å²) in [7, 11) is 0. The van der Waals surface area contributed by atoms with Crippen molar-refractivity contribution in [3.63, 3.8) is 0 Å². The summed E-state index contributed by atoms with van der Waals surface area (Å²) >= 11 is 0. The van der Waals surface area contributed by atoms with Crippen LogP contribution >= 0.6 is 0 Å². The summed E-state index contributed by atoms with van der Waals surface area (Å²) in [5.74, 6) is -0.445. The van der Waals surface area contributed by atoms with Crippen LogP contribution in [0.5, 0.6) is 0 Å². The summed E-state index contributed by atoms with van der Waals surface area (Å²) < 4.78 is 12.2.